The maximum atomic E-state index is 6.34. The molecule has 0 aromatic heterocycles. The van der Waals surface area contributed by atoms with Crippen LogP contribution in [0.25, 0.3) is 0 Å². The maximum absolute atomic E-state index is 6.34. The number of halogens is 2. The van der Waals surface area contributed by atoms with E-state index >= 15 is 0 Å². The Morgan fingerprint density at radius 2 is 2.00 bits per heavy atom. The molecule has 0 heterocycles. The molecule has 1 aromatic carbocycles. The second-order valence-electron chi connectivity index (χ2n) is 4.69. The Morgan fingerprint density at radius 3 is 2.65 bits per heavy atom. The Labute approximate surface area is 116 Å². The minimum absolute atomic E-state index is 0.167. The van der Waals surface area contributed by atoms with E-state index in [0.717, 1.165) is 15.1 Å². The van der Waals surface area contributed by atoms with Crippen molar-refractivity contribution < 1.29 is 0 Å². The number of hydrogen-bond donors (Lipinski definition) is 2. The third kappa shape index (κ3) is 3.02. The van der Waals surface area contributed by atoms with Gasteiger partial charge in [0.15, 0.2) is 0 Å². The lowest BCUT2D eigenvalue weighted by Gasteiger charge is -2.30. The minimum Gasteiger partial charge on any atom is -0.271 e. The van der Waals surface area contributed by atoms with Crippen LogP contribution in [0.2, 0.25) is 5.02 Å². The number of benzene rings is 1. The number of hydrogen-bond acceptors (Lipinski definition) is 2. The molecule has 2 rings (SSSR count). The lowest BCUT2D eigenvalue weighted by molar-refractivity contribution is 0.273. The highest BCUT2D eigenvalue weighted by molar-refractivity contribution is 9.10. The Kier molecular flexibility index (Phi) is 4.86. The van der Waals surface area contributed by atoms with Crippen LogP contribution in [0.3, 0.4) is 0 Å². The highest BCUT2D eigenvalue weighted by Crippen LogP contribution is 2.38. The third-order valence-electron chi connectivity index (χ3n) is 3.62. The van der Waals surface area contributed by atoms with Crippen molar-refractivity contribution in [3.05, 3.63) is 33.3 Å². The van der Waals surface area contributed by atoms with E-state index in [1.165, 1.54) is 32.1 Å². The number of rotatable bonds is 3. The molecule has 1 saturated carbocycles. The van der Waals surface area contributed by atoms with Gasteiger partial charge in [0, 0.05) is 4.47 Å². The molecule has 2 nitrogen and oxygen atoms in total. The zero-order valence-corrected chi connectivity index (χ0v) is 12.1. The van der Waals surface area contributed by atoms with Crippen molar-refractivity contribution in [3.63, 3.8) is 0 Å². The average molecular weight is 318 g/mol. The monoisotopic (exact) mass is 316 g/mol. The predicted octanol–water partition coefficient (Wildman–Crippen LogP) is 4.19. The quantitative estimate of drug-likeness (QED) is 0.648. The third-order valence-corrected chi connectivity index (χ3v) is 4.93. The molecule has 0 saturated heterocycles. The first-order valence-electron chi connectivity index (χ1n) is 6.14. The van der Waals surface area contributed by atoms with Gasteiger partial charge in [0.05, 0.1) is 11.1 Å². The molecule has 0 bridgehead atoms. The number of nitrogens with two attached hydrogens (primary N) is 1. The van der Waals surface area contributed by atoms with E-state index in [4.69, 9.17) is 17.4 Å². The standard InChI is InChI=1S/C13H18BrClN2/c14-11-8-4-7-10(12(11)15)13(17-16)9-5-2-1-3-6-9/h4,7-9,13,17H,1-3,5-6,16H2. The van der Waals surface area contributed by atoms with Crippen LogP contribution in [0.4, 0.5) is 0 Å². The minimum atomic E-state index is 0.167. The van der Waals surface area contributed by atoms with E-state index < -0.39 is 0 Å². The Hall–Kier alpha value is -0.0900. The molecular weight excluding hydrogens is 300 g/mol. The fraction of sp³-hybridized carbons (Fsp3) is 0.538. The molecule has 1 aliphatic carbocycles. The van der Waals surface area contributed by atoms with Crippen molar-refractivity contribution in [1.82, 2.24) is 5.43 Å². The SMILES string of the molecule is NNC(c1cccc(Br)c1Cl)C1CCCCC1. The molecule has 17 heavy (non-hydrogen) atoms. The maximum Gasteiger partial charge on any atom is 0.0596 e. The van der Waals surface area contributed by atoms with Gasteiger partial charge in [-0.05, 0) is 46.3 Å². The summed E-state index contributed by atoms with van der Waals surface area (Å²) in [5, 5.41) is 0.779. The molecule has 0 spiro atoms. The summed E-state index contributed by atoms with van der Waals surface area (Å²) in [4.78, 5) is 0. The van der Waals surface area contributed by atoms with Crippen molar-refractivity contribution in [2.24, 2.45) is 11.8 Å². The van der Waals surface area contributed by atoms with Crippen LogP contribution in [0.15, 0.2) is 22.7 Å². The summed E-state index contributed by atoms with van der Waals surface area (Å²) in [5.41, 5.74) is 4.06. The zero-order valence-electron chi connectivity index (χ0n) is 9.76. The lowest BCUT2D eigenvalue weighted by Crippen LogP contribution is -2.34. The Morgan fingerprint density at radius 1 is 1.29 bits per heavy atom. The van der Waals surface area contributed by atoms with Gasteiger partial charge in [-0.15, -0.1) is 0 Å². The van der Waals surface area contributed by atoms with Crippen LogP contribution in [0.5, 0.6) is 0 Å². The van der Waals surface area contributed by atoms with E-state index in [9.17, 15) is 0 Å². The van der Waals surface area contributed by atoms with Gasteiger partial charge in [-0.1, -0.05) is 43.0 Å². The van der Waals surface area contributed by atoms with Gasteiger partial charge in [-0.25, -0.2) is 0 Å². The summed E-state index contributed by atoms with van der Waals surface area (Å²) in [5.74, 6) is 6.33. The van der Waals surface area contributed by atoms with E-state index in [2.05, 4.69) is 27.4 Å². The molecule has 3 N–H and O–H groups in total. The lowest BCUT2D eigenvalue weighted by atomic mass is 9.81. The average Bonchev–Trinajstić information content (AvgIpc) is 2.37. The first-order chi connectivity index (χ1) is 8.24. The van der Waals surface area contributed by atoms with Crippen molar-refractivity contribution >= 4 is 27.5 Å². The van der Waals surface area contributed by atoms with Crippen molar-refractivity contribution in [2.45, 2.75) is 38.1 Å². The van der Waals surface area contributed by atoms with Crippen molar-refractivity contribution in [1.29, 1.82) is 0 Å². The summed E-state index contributed by atoms with van der Waals surface area (Å²) in [6, 6.07) is 6.20. The fourth-order valence-electron chi connectivity index (χ4n) is 2.71. The van der Waals surface area contributed by atoms with Crippen LogP contribution >= 0.6 is 27.5 Å². The molecule has 0 radical (unpaired) electrons. The van der Waals surface area contributed by atoms with Gasteiger partial charge in [-0.2, -0.15) is 0 Å². The van der Waals surface area contributed by atoms with E-state index in [0.29, 0.717) is 5.92 Å². The highest BCUT2D eigenvalue weighted by Gasteiger charge is 2.26. The Balaban J connectivity index is 2.24. The van der Waals surface area contributed by atoms with Gasteiger partial charge in [-0.3, -0.25) is 11.3 Å². The smallest absolute Gasteiger partial charge is 0.0596 e. The molecule has 1 atom stereocenters. The van der Waals surface area contributed by atoms with Gasteiger partial charge in [0.1, 0.15) is 0 Å². The second-order valence-corrected chi connectivity index (χ2v) is 5.92. The predicted molar refractivity (Wildman–Crippen MR) is 75.8 cm³/mol. The molecule has 1 aliphatic rings. The van der Waals surface area contributed by atoms with Gasteiger partial charge in [0.25, 0.3) is 0 Å². The van der Waals surface area contributed by atoms with Crippen molar-refractivity contribution in [3.8, 4) is 0 Å². The first-order valence-corrected chi connectivity index (χ1v) is 7.31. The molecule has 1 unspecified atom stereocenters. The first kappa shape index (κ1) is 13.3. The van der Waals surface area contributed by atoms with Crippen LogP contribution in [-0.4, -0.2) is 0 Å². The molecule has 1 fully saturated rings. The summed E-state index contributed by atoms with van der Waals surface area (Å²) in [6.45, 7) is 0. The normalized spacial score (nSPS) is 19.2. The van der Waals surface area contributed by atoms with Crippen molar-refractivity contribution in [2.75, 3.05) is 0 Å². The summed E-state index contributed by atoms with van der Waals surface area (Å²) < 4.78 is 0.938. The molecule has 1 aromatic rings. The molecule has 94 valence electrons. The largest absolute Gasteiger partial charge is 0.271 e. The van der Waals surface area contributed by atoms with Gasteiger partial charge < -0.3 is 0 Å². The fourth-order valence-corrected chi connectivity index (χ4v) is 3.33. The summed E-state index contributed by atoms with van der Waals surface area (Å²) in [6.07, 6.45) is 6.42. The molecule has 0 amide bonds. The summed E-state index contributed by atoms with van der Waals surface area (Å²) in [7, 11) is 0. The van der Waals surface area contributed by atoms with Crippen LogP contribution in [0, 0.1) is 5.92 Å². The zero-order chi connectivity index (χ0) is 12.3. The van der Waals surface area contributed by atoms with Crippen LogP contribution in [0.1, 0.15) is 43.7 Å². The number of hydrazine groups is 1. The molecular formula is C13H18BrClN2. The van der Waals surface area contributed by atoms with Crippen LogP contribution < -0.4 is 11.3 Å². The van der Waals surface area contributed by atoms with Gasteiger partial charge in [0.2, 0.25) is 0 Å². The topological polar surface area (TPSA) is 38.0 Å². The highest BCUT2D eigenvalue weighted by atomic mass is 79.9. The van der Waals surface area contributed by atoms with Gasteiger partial charge >= 0.3 is 0 Å². The molecule has 0 aliphatic heterocycles. The Bertz CT molecular complexity index is 378. The summed E-state index contributed by atoms with van der Waals surface area (Å²) >= 11 is 9.81. The number of nitrogens with one attached hydrogen (secondary N) is 1. The van der Waals surface area contributed by atoms with E-state index in [1.54, 1.807) is 0 Å². The van der Waals surface area contributed by atoms with E-state index in [-0.39, 0.29) is 6.04 Å². The second kappa shape index (κ2) is 6.19. The molecule has 4 heteroatoms. The van der Waals surface area contributed by atoms with E-state index in [1.807, 2.05) is 12.1 Å². The van der Waals surface area contributed by atoms with Crippen LogP contribution in [-0.2, 0) is 0 Å².